The van der Waals surface area contributed by atoms with Crippen LogP contribution in [0, 0.1) is 22.9 Å². The van der Waals surface area contributed by atoms with Crippen LogP contribution in [0.1, 0.15) is 22.8 Å². The Bertz CT molecular complexity index is 941. The number of halogens is 1. The Labute approximate surface area is 137 Å². The van der Waals surface area contributed by atoms with Gasteiger partial charge in [-0.1, -0.05) is 12.1 Å². The number of benzene rings is 2. The summed E-state index contributed by atoms with van der Waals surface area (Å²) in [6.07, 6.45) is 0. The highest BCUT2D eigenvalue weighted by Gasteiger charge is 2.25. The molecule has 0 aliphatic rings. The van der Waals surface area contributed by atoms with Crippen LogP contribution >= 0.6 is 0 Å². The minimum atomic E-state index is -4.40. The number of nitro benzene ring substituents is 1. The Balaban J connectivity index is 2.48. The SMILES string of the molecule is CC(=O)c1cccc(NS(=O)(=O)c2cc([N+](=O)[O-])c(C)cc2F)c1. The van der Waals surface area contributed by atoms with Crippen LogP contribution in [0.3, 0.4) is 0 Å². The summed E-state index contributed by atoms with van der Waals surface area (Å²) < 4.78 is 40.8. The maximum atomic E-state index is 14.0. The van der Waals surface area contributed by atoms with E-state index in [4.69, 9.17) is 0 Å². The van der Waals surface area contributed by atoms with Crippen molar-refractivity contribution >= 4 is 27.2 Å². The third-order valence-corrected chi connectivity index (χ3v) is 4.65. The van der Waals surface area contributed by atoms with Crippen LogP contribution in [0.25, 0.3) is 0 Å². The molecule has 2 aromatic rings. The topological polar surface area (TPSA) is 106 Å². The molecule has 0 aliphatic heterocycles. The number of rotatable bonds is 5. The summed E-state index contributed by atoms with van der Waals surface area (Å²) in [6, 6.07) is 7.09. The smallest absolute Gasteiger partial charge is 0.273 e. The van der Waals surface area contributed by atoms with Crippen molar-refractivity contribution in [3.05, 3.63) is 63.5 Å². The van der Waals surface area contributed by atoms with Gasteiger partial charge < -0.3 is 0 Å². The number of nitrogens with zero attached hydrogens (tertiary/aromatic N) is 1. The molecule has 0 aromatic heterocycles. The molecule has 2 aromatic carbocycles. The Morgan fingerprint density at radius 3 is 2.50 bits per heavy atom. The van der Waals surface area contributed by atoms with E-state index in [0.29, 0.717) is 6.07 Å². The first kappa shape index (κ1) is 17.5. The maximum absolute atomic E-state index is 14.0. The first-order valence-corrected chi connectivity index (χ1v) is 8.18. The Kier molecular flexibility index (Phi) is 4.65. The number of aryl methyl sites for hydroxylation is 1. The van der Waals surface area contributed by atoms with E-state index in [9.17, 15) is 27.7 Å². The number of nitro groups is 1. The minimum Gasteiger partial charge on any atom is -0.295 e. The van der Waals surface area contributed by atoms with Gasteiger partial charge in [0.05, 0.1) is 4.92 Å². The van der Waals surface area contributed by atoms with Crippen LogP contribution in [-0.2, 0) is 10.0 Å². The molecule has 0 saturated heterocycles. The average Bonchev–Trinajstić information content (AvgIpc) is 2.46. The van der Waals surface area contributed by atoms with Gasteiger partial charge in [-0.25, -0.2) is 12.8 Å². The molecule has 0 bridgehead atoms. The summed E-state index contributed by atoms with van der Waals surface area (Å²) in [6.45, 7) is 2.62. The van der Waals surface area contributed by atoms with Crippen molar-refractivity contribution in [2.45, 2.75) is 18.7 Å². The van der Waals surface area contributed by atoms with E-state index in [0.717, 1.165) is 6.07 Å². The summed E-state index contributed by atoms with van der Waals surface area (Å²) in [4.78, 5) is 20.6. The number of Topliss-reactive ketones (excluding diaryl/α,β-unsaturated/α-hetero) is 1. The molecule has 7 nitrogen and oxygen atoms in total. The summed E-state index contributed by atoms with van der Waals surface area (Å²) >= 11 is 0. The predicted octanol–water partition coefficient (Wildman–Crippen LogP) is 3.05. The summed E-state index contributed by atoms with van der Waals surface area (Å²) in [7, 11) is -4.40. The molecule has 2 rings (SSSR count). The molecule has 0 radical (unpaired) electrons. The highest BCUT2D eigenvalue weighted by molar-refractivity contribution is 7.92. The molecule has 126 valence electrons. The Morgan fingerprint density at radius 2 is 1.92 bits per heavy atom. The zero-order chi connectivity index (χ0) is 18.1. The predicted molar refractivity (Wildman–Crippen MR) is 85.0 cm³/mol. The maximum Gasteiger partial charge on any atom is 0.273 e. The average molecular weight is 352 g/mol. The van der Waals surface area contributed by atoms with Crippen molar-refractivity contribution in [1.82, 2.24) is 0 Å². The number of carbonyl (C=O) groups excluding carboxylic acids is 1. The fourth-order valence-corrected chi connectivity index (χ4v) is 3.19. The first-order chi connectivity index (χ1) is 11.1. The molecular formula is C15H13FN2O5S. The number of ketones is 1. The number of carbonyl (C=O) groups is 1. The van der Waals surface area contributed by atoms with Crippen molar-refractivity contribution in [1.29, 1.82) is 0 Å². The third kappa shape index (κ3) is 3.57. The monoisotopic (exact) mass is 352 g/mol. The van der Waals surface area contributed by atoms with Crippen LogP contribution < -0.4 is 4.72 Å². The zero-order valence-corrected chi connectivity index (χ0v) is 13.6. The third-order valence-electron chi connectivity index (χ3n) is 3.26. The fourth-order valence-electron chi connectivity index (χ4n) is 2.06. The molecule has 1 N–H and O–H groups in total. The van der Waals surface area contributed by atoms with Crippen LogP contribution in [0.15, 0.2) is 41.3 Å². The van der Waals surface area contributed by atoms with Gasteiger partial charge in [-0.05, 0) is 32.0 Å². The minimum absolute atomic E-state index is 0.00928. The van der Waals surface area contributed by atoms with E-state index in [1.165, 1.54) is 38.1 Å². The lowest BCUT2D eigenvalue weighted by molar-refractivity contribution is -0.385. The lowest BCUT2D eigenvalue weighted by atomic mass is 10.1. The molecule has 0 amide bonds. The van der Waals surface area contributed by atoms with Gasteiger partial charge in [0, 0.05) is 22.9 Å². The highest BCUT2D eigenvalue weighted by Crippen LogP contribution is 2.27. The number of hydrogen-bond acceptors (Lipinski definition) is 5. The second-order valence-corrected chi connectivity index (χ2v) is 6.72. The zero-order valence-electron chi connectivity index (χ0n) is 12.7. The number of hydrogen-bond donors (Lipinski definition) is 1. The molecule has 0 fully saturated rings. The summed E-state index contributed by atoms with van der Waals surface area (Å²) in [5.41, 5.74) is -0.180. The lowest BCUT2D eigenvalue weighted by Crippen LogP contribution is -2.15. The van der Waals surface area contributed by atoms with E-state index >= 15 is 0 Å². The van der Waals surface area contributed by atoms with Crippen molar-refractivity contribution in [2.24, 2.45) is 0 Å². The Hall–Kier alpha value is -2.81. The largest absolute Gasteiger partial charge is 0.295 e. The van der Waals surface area contributed by atoms with Crippen LogP contribution in [0.2, 0.25) is 0 Å². The molecule has 0 atom stereocenters. The molecule has 0 heterocycles. The lowest BCUT2D eigenvalue weighted by Gasteiger charge is -2.10. The first-order valence-electron chi connectivity index (χ1n) is 6.70. The van der Waals surface area contributed by atoms with Gasteiger partial charge >= 0.3 is 0 Å². The van der Waals surface area contributed by atoms with Gasteiger partial charge in [0.15, 0.2) is 5.78 Å². The van der Waals surface area contributed by atoms with E-state index in [2.05, 4.69) is 4.72 Å². The Morgan fingerprint density at radius 1 is 1.25 bits per heavy atom. The quantitative estimate of drug-likeness (QED) is 0.506. The highest BCUT2D eigenvalue weighted by atomic mass is 32.2. The van der Waals surface area contributed by atoms with Gasteiger partial charge in [-0.3, -0.25) is 19.6 Å². The van der Waals surface area contributed by atoms with Crippen molar-refractivity contribution in [3.63, 3.8) is 0 Å². The molecule has 24 heavy (non-hydrogen) atoms. The van der Waals surface area contributed by atoms with E-state index in [-0.39, 0.29) is 22.6 Å². The van der Waals surface area contributed by atoms with Crippen molar-refractivity contribution in [3.8, 4) is 0 Å². The molecular weight excluding hydrogens is 339 g/mol. The van der Waals surface area contributed by atoms with Crippen LogP contribution in [0.5, 0.6) is 0 Å². The van der Waals surface area contributed by atoms with E-state index in [1.807, 2.05) is 0 Å². The molecule has 0 aliphatic carbocycles. The van der Waals surface area contributed by atoms with E-state index in [1.54, 1.807) is 0 Å². The standard InChI is InChI=1S/C15H13FN2O5S/c1-9-6-13(16)15(8-14(9)18(20)21)24(22,23)17-12-5-3-4-11(7-12)10(2)19/h3-8,17H,1-2H3. The molecule has 0 unspecified atom stereocenters. The number of anilines is 1. The van der Waals surface area contributed by atoms with Gasteiger partial charge in [-0.15, -0.1) is 0 Å². The normalized spacial score (nSPS) is 11.1. The van der Waals surface area contributed by atoms with Gasteiger partial charge in [-0.2, -0.15) is 0 Å². The van der Waals surface area contributed by atoms with Gasteiger partial charge in [0.1, 0.15) is 10.7 Å². The van der Waals surface area contributed by atoms with Gasteiger partial charge in [0.25, 0.3) is 15.7 Å². The second-order valence-electron chi connectivity index (χ2n) is 5.07. The van der Waals surface area contributed by atoms with E-state index < -0.39 is 31.3 Å². The second kappa shape index (κ2) is 6.36. The van der Waals surface area contributed by atoms with Crippen LogP contribution in [0.4, 0.5) is 15.8 Å². The van der Waals surface area contributed by atoms with Crippen LogP contribution in [-0.4, -0.2) is 19.1 Å². The summed E-state index contributed by atoms with van der Waals surface area (Å²) in [5.74, 6) is -1.37. The fraction of sp³-hybridized carbons (Fsp3) is 0.133. The number of nitrogens with one attached hydrogen (secondary N) is 1. The van der Waals surface area contributed by atoms with Crippen molar-refractivity contribution in [2.75, 3.05) is 4.72 Å². The van der Waals surface area contributed by atoms with Gasteiger partial charge in [0.2, 0.25) is 0 Å². The number of sulfonamides is 1. The summed E-state index contributed by atoms with van der Waals surface area (Å²) in [5, 5.41) is 10.9. The molecule has 0 spiro atoms. The van der Waals surface area contributed by atoms with Crippen molar-refractivity contribution < 1.29 is 22.5 Å². The molecule has 9 heteroatoms. The molecule has 0 saturated carbocycles.